The molecule has 0 aliphatic heterocycles. The molecule has 9 heteroatoms. The molecule has 3 aromatic carbocycles. The fourth-order valence-electron chi connectivity index (χ4n) is 3.37. The molecule has 0 spiro atoms. The van der Waals surface area contributed by atoms with Crippen LogP contribution < -0.4 is 5.32 Å². The van der Waals surface area contributed by atoms with Crippen LogP contribution in [0.4, 0.5) is 0 Å². The minimum absolute atomic E-state index is 0.0717. The first-order valence-electron chi connectivity index (χ1n) is 9.83. The van der Waals surface area contributed by atoms with Crippen LogP contribution in [0.1, 0.15) is 15.9 Å². The summed E-state index contributed by atoms with van der Waals surface area (Å²) in [6.07, 6.45) is 1.31. The summed E-state index contributed by atoms with van der Waals surface area (Å²) in [5.41, 5.74) is 2.10. The summed E-state index contributed by atoms with van der Waals surface area (Å²) in [4.78, 5) is 25.3. The van der Waals surface area contributed by atoms with E-state index in [-0.39, 0.29) is 26.9 Å². The van der Waals surface area contributed by atoms with Crippen LogP contribution in [0.25, 0.3) is 11.1 Å². The van der Waals surface area contributed by atoms with Crippen molar-refractivity contribution in [3.8, 4) is 11.1 Å². The first-order valence-corrected chi connectivity index (χ1v) is 12.5. The molecular formula is C24H21Cl2NO5S. The number of ether oxygens (including phenoxy) is 1. The standard InChI is InChI=1S/C24H21Cl2NO5S/c1-32-24(29)20(27-23(28)22-18(25)7-5-8-19(22)26)14-15-10-12-16(13-11-15)17-6-3-4-9-21(17)33(2,30)31/h3-13,20H,14H2,1-2H3,(H,27,28)/t20-/m0/s1. The third-order valence-corrected chi connectivity index (χ3v) is 6.76. The van der Waals surface area contributed by atoms with Gasteiger partial charge >= 0.3 is 5.97 Å². The number of esters is 1. The summed E-state index contributed by atoms with van der Waals surface area (Å²) >= 11 is 12.2. The minimum atomic E-state index is -3.40. The third kappa shape index (κ3) is 5.93. The Kier molecular flexibility index (Phi) is 7.79. The number of carbonyl (C=O) groups excluding carboxylic acids is 2. The number of nitrogens with one attached hydrogen (secondary N) is 1. The first kappa shape index (κ1) is 24.8. The highest BCUT2D eigenvalue weighted by Crippen LogP contribution is 2.28. The second-order valence-corrected chi connectivity index (χ2v) is 10.1. The lowest BCUT2D eigenvalue weighted by molar-refractivity contribution is -0.142. The summed E-state index contributed by atoms with van der Waals surface area (Å²) in [5.74, 6) is -1.22. The number of amides is 1. The van der Waals surface area contributed by atoms with Crippen molar-refractivity contribution < 1.29 is 22.7 Å². The van der Waals surface area contributed by atoms with Gasteiger partial charge in [-0.25, -0.2) is 13.2 Å². The van der Waals surface area contributed by atoms with Gasteiger partial charge in [-0.1, -0.05) is 71.7 Å². The van der Waals surface area contributed by atoms with Crippen LogP contribution in [0.2, 0.25) is 10.0 Å². The summed E-state index contributed by atoms with van der Waals surface area (Å²) in [6, 6.07) is 17.5. The smallest absolute Gasteiger partial charge is 0.328 e. The fourth-order valence-corrected chi connectivity index (χ4v) is 4.85. The van der Waals surface area contributed by atoms with Crippen LogP contribution >= 0.6 is 23.2 Å². The molecule has 1 atom stereocenters. The van der Waals surface area contributed by atoms with Crippen molar-refractivity contribution in [1.82, 2.24) is 5.32 Å². The molecule has 33 heavy (non-hydrogen) atoms. The lowest BCUT2D eigenvalue weighted by atomic mass is 10.0. The fraction of sp³-hybridized carbons (Fsp3) is 0.167. The van der Waals surface area contributed by atoms with Crippen molar-refractivity contribution in [2.24, 2.45) is 0 Å². The van der Waals surface area contributed by atoms with Gasteiger partial charge in [-0.05, 0) is 29.3 Å². The normalized spacial score (nSPS) is 12.1. The maximum atomic E-state index is 12.7. The monoisotopic (exact) mass is 505 g/mol. The quantitative estimate of drug-likeness (QED) is 0.474. The highest BCUT2D eigenvalue weighted by atomic mass is 35.5. The number of carbonyl (C=O) groups is 2. The van der Waals surface area contributed by atoms with E-state index < -0.39 is 27.8 Å². The zero-order chi connectivity index (χ0) is 24.2. The van der Waals surface area contributed by atoms with Gasteiger partial charge in [0.15, 0.2) is 9.84 Å². The number of hydrogen-bond acceptors (Lipinski definition) is 5. The van der Waals surface area contributed by atoms with E-state index in [9.17, 15) is 18.0 Å². The van der Waals surface area contributed by atoms with Gasteiger partial charge in [0.25, 0.3) is 5.91 Å². The Morgan fingerprint density at radius 2 is 1.55 bits per heavy atom. The van der Waals surface area contributed by atoms with Gasteiger partial charge in [-0.3, -0.25) is 4.79 Å². The van der Waals surface area contributed by atoms with Gasteiger partial charge < -0.3 is 10.1 Å². The summed E-state index contributed by atoms with van der Waals surface area (Å²) in [6.45, 7) is 0. The van der Waals surface area contributed by atoms with Crippen molar-refractivity contribution in [2.75, 3.05) is 13.4 Å². The molecular weight excluding hydrogens is 485 g/mol. The van der Waals surface area contributed by atoms with Crippen LogP contribution in [-0.2, 0) is 25.8 Å². The van der Waals surface area contributed by atoms with Crippen LogP contribution in [-0.4, -0.2) is 39.7 Å². The second kappa shape index (κ2) is 10.4. The Morgan fingerprint density at radius 3 is 2.12 bits per heavy atom. The Hall–Kier alpha value is -2.87. The molecule has 0 heterocycles. The van der Waals surface area contributed by atoms with E-state index in [1.165, 1.54) is 19.2 Å². The van der Waals surface area contributed by atoms with E-state index in [1.807, 2.05) is 0 Å². The van der Waals surface area contributed by atoms with E-state index >= 15 is 0 Å². The lowest BCUT2D eigenvalue weighted by Crippen LogP contribution is -2.43. The topological polar surface area (TPSA) is 89.5 Å². The molecule has 0 aromatic heterocycles. The number of hydrogen-bond donors (Lipinski definition) is 1. The van der Waals surface area contributed by atoms with Crippen molar-refractivity contribution >= 4 is 44.9 Å². The van der Waals surface area contributed by atoms with E-state index in [0.717, 1.165) is 11.8 Å². The Labute approximate surface area is 202 Å². The van der Waals surface area contributed by atoms with Crippen LogP contribution in [0.15, 0.2) is 71.6 Å². The van der Waals surface area contributed by atoms with Gasteiger partial charge in [0.2, 0.25) is 0 Å². The lowest BCUT2D eigenvalue weighted by Gasteiger charge is -2.18. The highest BCUT2D eigenvalue weighted by molar-refractivity contribution is 7.90. The summed E-state index contributed by atoms with van der Waals surface area (Å²) in [5, 5.41) is 2.96. The molecule has 172 valence electrons. The molecule has 0 radical (unpaired) electrons. The molecule has 0 aliphatic carbocycles. The average molecular weight is 506 g/mol. The largest absolute Gasteiger partial charge is 0.467 e. The first-order chi connectivity index (χ1) is 15.6. The molecule has 0 bridgehead atoms. The third-order valence-electron chi connectivity index (χ3n) is 4.97. The van der Waals surface area contributed by atoms with Gasteiger partial charge in [-0.15, -0.1) is 0 Å². The van der Waals surface area contributed by atoms with E-state index in [0.29, 0.717) is 11.1 Å². The number of sulfone groups is 1. The van der Waals surface area contributed by atoms with Gasteiger partial charge in [0.05, 0.1) is 27.6 Å². The van der Waals surface area contributed by atoms with Crippen molar-refractivity contribution in [1.29, 1.82) is 0 Å². The van der Waals surface area contributed by atoms with Crippen molar-refractivity contribution in [3.63, 3.8) is 0 Å². The SMILES string of the molecule is COC(=O)[C@H](Cc1ccc(-c2ccccc2S(C)(=O)=O)cc1)NC(=O)c1c(Cl)cccc1Cl. The number of benzene rings is 3. The molecule has 1 N–H and O–H groups in total. The van der Waals surface area contributed by atoms with E-state index in [1.54, 1.807) is 54.6 Å². The van der Waals surface area contributed by atoms with Gasteiger partial charge in [-0.2, -0.15) is 0 Å². The molecule has 3 aromatic rings. The minimum Gasteiger partial charge on any atom is -0.467 e. The molecule has 0 fully saturated rings. The Bertz CT molecular complexity index is 1270. The number of rotatable bonds is 7. The predicted octanol–water partition coefficient (Wildman–Crippen LogP) is 4.58. The maximum Gasteiger partial charge on any atom is 0.328 e. The molecule has 0 saturated heterocycles. The number of halogens is 2. The molecule has 6 nitrogen and oxygen atoms in total. The zero-order valence-electron chi connectivity index (χ0n) is 17.8. The van der Waals surface area contributed by atoms with Gasteiger partial charge in [0.1, 0.15) is 6.04 Å². The number of methoxy groups -OCH3 is 1. The maximum absolute atomic E-state index is 12.7. The molecule has 0 aliphatic rings. The Balaban J connectivity index is 1.84. The molecule has 3 rings (SSSR count). The predicted molar refractivity (Wildman–Crippen MR) is 128 cm³/mol. The molecule has 0 unspecified atom stereocenters. The van der Waals surface area contributed by atoms with Gasteiger partial charge in [0, 0.05) is 18.2 Å². The summed E-state index contributed by atoms with van der Waals surface area (Å²) < 4.78 is 29.1. The average Bonchev–Trinajstić information content (AvgIpc) is 2.78. The zero-order valence-corrected chi connectivity index (χ0v) is 20.2. The second-order valence-electron chi connectivity index (χ2n) is 7.32. The van der Waals surface area contributed by atoms with E-state index in [2.05, 4.69) is 5.32 Å². The van der Waals surface area contributed by atoms with Crippen LogP contribution in [0, 0.1) is 0 Å². The molecule has 1 amide bonds. The van der Waals surface area contributed by atoms with E-state index in [4.69, 9.17) is 27.9 Å². The Morgan fingerprint density at radius 1 is 0.939 bits per heavy atom. The van der Waals surface area contributed by atoms with Crippen molar-refractivity contribution in [2.45, 2.75) is 17.4 Å². The molecule has 0 saturated carbocycles. The van der Waals surface area contributed by atoms with Crippen LogP contribution in [0.3, 0.4) is 0 Å². The van der Waals surface area contributed by atoms with Crippen molar-refractivity contribution in [3.05, 3.63) is 87.9 Å². The summed E-state index contributed by atoms with van der Waals surface area (Å²) in [7, 11) is -2.17. The highest BCUT2D eigenvalue weighted by Gasteiger charge is 2.25. The van der Waals surface area contributed by atoms with Crippen LogP contribution in [0.5, 0.6) is 0 Å².